The number of methoxy groups -OCH3 is 1. The van der Waals surface area contributed by atoms with Gasteiger partial charge in [0.25, 0.3) is 0 Å². The van der Waals surface area contributed by atoms with E-state index in [1.807, 2.05) is 0 Å². The van der Waals surface area contributed by atoms with Crippen LogP contribution in [0, 0.1) is 5.92 Å². The predicted octanol–water partition coefficient (Wildman–Crippen LogP) is 0.897. The quantitative estimate of drug-likeness (QED) is 0.586. The summed E-state index contributed by atoms with van der Waals surface area (Å²) in [6.07, 6.45) is 0. The summed E-state index contributed by atoms with van der Waals surface area (Å²) in [7, 11) is 2.72. The second-order valence-corrected chi connectivity index (χ2v) is 1.85. The van der Waals surface area contributed by atoms with Crippen molar-refractivity contribution in [1.29, 1.82) is 0 Å². The summed E-state index contributed by atoms with van der Waals surface area (Å²) in [5.41, 5.74) is 0. The van der Waals surface area contributed by atoms with E-state index >= 15 is 0 Å². The summed E-state index contributed by atoms with van der Waals surface area (Å²) in [6.45, 7) is 5.13. The van der Waals surface area contributed by atoms with Gasteiger partial charge < -0.3 is 9.84 Å². The summed E-state index contributed by atoms with van der Waals surface area (Å²) < 4.78 is 4.80. The largest absolute Gasteiger partial charge is 0.400 e. The Labute approximate surface area is 51.5 Å². The van der Waals surface area contributed by atoms with Crippen LogP contribution in [0.15, 0.2) is 0 Å². The number of rotatable bonds is 2. The highest BCUT2D eigenvalue weighted by atomic mass is 16.5. The Morgan fingerprint density at radius 1 is 1.38 bits per heavy atom. The number of hydrogen-bond acceptors (Lipinski definition) is 2. The summed E-state index contributed by atoms with van der Waals surface area (Å²) in [5, 5.41) is 7.00. The summed E-state index contributed by atoms with van der Waals surface area (Å²) in [5.74, 6) is 0.676. The molecule has 52 valence electrons. The molecule has 2 nitrogen and oxygen atoms in total. The molecule has 0 aromatic carbocycles. The van der Waals surface area contributed by atoms with Gasteiger partial charge in [0, 0.05) is 20.8 Å². The molecule has 0 fully saturated rings. The van der Waals surface area contributed by atoms with E-state index in [1.54, 1.807) is 7.11 Å². The van der Waals surface area contributed by atoms with E-state index in [-0.39, 0.29) is 0 Å². The van der Waals surface area contributed by atoms with Crippen molar-refractivity contribution in [2.75, 3.05) is 20.8 Å². The third-order valence-electron chi connectivity index (χ3n) is 0.500. The average molecular weight is 120 g/mol. The summed E-state index contributed by atoms with van der Waals surface area (Å²) in [6, 6.07) is 0. The highest BCUT2D eigenvalue weighted by Gasteiger charge is 1.85. The van der Waals surface area contributed by atoms with Gasteiger partial charge >= 0.3 is 0 Å². The smallest absolute Gasteiger partial charge is 0.0485 e. The molecule has 0 bridgehead atoms. The van der Waals surface area contributed by atoms with Crippen LogP contribution in [0.5, 0.6) is 0 Å². The molecule has 0 atom stereocenters. The molecule has 0 aromatic rings. The topological polar surface area (TPSA) is 29.5 Å². The van der Waals surface area contributed by atoms with Crippen LogP contribution in [0.4, 0.5) is 0 Å². The molecule has 0 saturated heterocycles. The van der Waals surface area contributed by atoms with Gasteiger partial charge in [-0.15, -0.1) is 0 Å². The fourth-order valence-corrected chi connectivity index (χ4v) is 0.333. The monoisotopic (exact) mass is 120 g/mol. The zero-order valence-electron chi connectivity index (χ0n) is 6.14. The molecular formula is C6H16O2. The number of aliphatic hydroxyl groups is 1. The lowest BCUT2D eigenvalue weighted by atomic mass is 10.2. The van der Waals surface area contributed by atoms with Crippen molar-refractivity contribution in [1.82, 2.24) is 0 Å². The number of aliphatic hydroxyl groups excluding tert-OH is 1. The Morgan fingerprint density at radius 2 is 1.75 bits per heavy atom. The second-order valence-electron chi connectivity index (χ2n) is 1.85. The predicted molar refractivity (Wildman–Crippen MR) is 34.9 cm³/mol. The van der Waals surface area contributed by atoms with Gasteiger partial charge in [-0.05, 0) is 5.92 Å². The van der Waals surface area contributed by atoms with Crippen molar-refractivity contribution in [2.24, 2.45) is 5.92 Å². The molecule has 0 rings (SSSR count). The van der Waals surface area contributed by atoms with Gasteiger partial charge in [-0.3, -0.25) is 0 Å². The Kier molecular flexibility index (Phi) is 13.6. The molecule has 0 unspecified atom stereocenters. The van der Waals surface area contributed by atoms with Gasteiger partial charge in [-0.2, -0.15) is 0 Å². The minimum absolute atomic E-state index is 0.676. The fourth-order valence-electron chi connectivity index (χ4n) is 0.333. The third-order valence-corrected chi connectivity index (χ3v) is 0.500. The standard InChI is InChI=1S/C5H12O.CH4O/c1-5(2)4-6-3;1-2/h5H,4H2,1-3H3;2H,1H3. The van der Waals surface area contributed by atoms with Gasteiger partial charge in [-0.1, -0.05) is 13.8 Å². The lowest BCUT2D eigenvalue weighted by Gasteiger charge is -1.97. The van der Waals surface area contributed by atoms with Crippen LogP contribution < -0.4 is 0 Å². The van der Waals surface area contributed by atoms with Crippen molar-refractivity contribution < 1.29 is 9.84 Å². The zero-order valence-corrected chi connectivity index (χ0v) is 6.14. The van der Waals surface area contributed by atoms with Crippen LogP contribution >= 0.6 is 0 Å². The van der Waals surface area contributed by atoms with Gasteiger partial charge in [0.05, 0.1) is 0 Å². The van der Waals surface area contributed by atoms with Gasteiger partial charge in [0.15, 0.2) is 0 Å². The molecule has 0 spiro atoms. The van der Waals surface area contributed by atoms with Gasteiger partial charge in [-0.25, -0.2) is 0 Å². The van der Waals surface area contributed by atoms with Crippen LogP contribution in [0.3, 0.4) is 0 Å². The van der Waals surface area contributed by atoms with E-state index < -0.39 is 0 Å². The van der Waals surface area contributed by atoms with Crippen molar-refractivity contribution >= 4 is 0 Å². The maximum Gasteiger partial charge on any atom is 0.0485 e. The van der Waals surface area contributed by atoms with Crippen LogP contribution in [-0.2, 0) is 4.74 Å². The lowest BCUT2D eigenvalue weighted by Crippen LogP contribution is -1.96. The maximum absolute atomic E-state index is 7.00. The first-order valence-electron chi connectivity index (χ1n) is 2.71. The molecule has 0 aliphatic heterocycles. The zero-order chi connectivity index (χ0) is 6.99. The van der Waals surface area contributed by atoms with Crippen LogP contribution in [0.25, 0.3) is 0 Å². The SMILES string of the molecule is CO.COCC(C)C. The van der Waals surface area contributed by atoms with E-state index in [1.165, 1.54) is 0 Å². The van der Waals surface area contributed by atoms with Gasteiger partial charge in [0.2, 0.25) is 0 Å². The van der Waals surface area contributed by atoms with Crippen LogP contribution in [-0.4, -0.2) is 25.9 Å². The lowest BCUT2D eigenvalue weighted by molar-refractivity contribution is 0.167. The summed E-state index contributed by atoms with van der Waals surface area (Å²) in [4.78, 5) is 0. The first kappa shape index (κ1) is 10.8. The minimum Gasteiger partial charge on any atom is -0.400 e. The Hall–Kier alpha value is -0.0800. The molecule has 0 saturated carbocycles. The molecule has 2 heteroatoms. The Balaban J connectivity index is 0. The van der Waals surface area contributed by atoms with E-state index in [2.05, 4.69) is 13.8 Å². The molecule has 0 amide bonds. The number of ether oxygens (including phenoxy) is 1. The molecule has 0 aliphatic rings. The third kappa shape index (κ3) is 16.8. The van der Waals surface area contributed by atoms with E-state index in [9.17, 15) is 0 Å². The van der Waals surface area contributed by atoms with Crippen molar-refractivity contribution in [3.05, 3.63) is 0 Å². The Bertz CT molecular complexity index is 27.7. The molecule has 0 aromatic heterocycles. The average Bonchev–Trinajstić information content (AvgIpc) is 1.72. The highest BCUT2D eigenvalue weighted by molar-refractivity contribution is 4.35. The first-order valence-corrected chi connectivity index (χ1v) is 2.71. The summed E-state index contributed by atoms with van der Waals surface area (Å²) >= 11 is 0. The Morgan fingerprint density at radius 3 is 1.75 bits per heavy atom. The van der Waals surface area contributed by atoms with Crippen LogP contribution in [0.1, 0.15) is 13.8 Å². The van der Waals surface area contributed by atoms with E-state index in [4.69, 9.17) is 9.84 Å². The highest BCUT2D eigenvalue weighted by Crippen LogP contribution is 1.88. The maximum atomic E-state index is 7.00. The normalized spacial score (nSPS) is 8.25. The fraction of sp³-hybridized carbons (Fsp3) is 1.00. The van der Waals surface area contributed by atoms with Gasteiger partial charge in [0.1, 0.15) is 0 Å². The van der Waals surface area contributed by atoms with Crippen LogP contribution in [0.2, 0.25) is 0 Å². The van der Waals surface area contributed by atoms with E-state index in [0.29, 0.717) is 5.92 Å². The molecule has 0 radical (unpaired) electrons. The molecular weight excluding hydrogens is 104 g/mol. The van der Waals surface area contributed by atoms with Crippen molar-refractivity contribution in [3.63, 3.8) is 0 Å². The second kappa shape index (κ2) is 10.0. The first-order chi connectivity index (χ1) is 3.77. The molecule has 0 aliphatic carbocycles. The number of hydrogen-bond donors (Lipinski definition) is 1. The van der Waals surface area contributed by atoms with Crippen molar-refractivity contribution in [2.45, 2.75) is 13.8 Å². The molecule has 0 heterocycles. The molecule has 1 N–H and O–H groups in total. The van der Waals surface area contributed by atoms with E-state index in [0.717, 1.165) is 13.7 Å². The van der Waals surface area contributed by atoms with Crippen molar-refractivity contribution in [3.8, 4) is 0 Å². The molecule has 8 heavy (non-hydrogen) atoms. The minimum atomic E-state index is 0.676.